The van der Waals surface area contributed by atoms with E-state index in [4.69, 9.17) is 0 Å². The van der Waals surface area contributed by atoms with Crippen LogP contribution in [0.5, 0.6) is 0 Å². The van der Waals surface area contributed by atoms with Gasteiger partial charge in [-0.15, -0.1) is 0 Å². The zero-order valence-electron chi connectivity index (χ0n) is 7.60. The first-order valence-corrected chi connectivity index (χ1v) is 5.79. The van der Waals surface area contributed by atoms with Crippen LogP contribution in [-0.4, -0.2) is 23.0 Å². The minimum Gasteiger partial charge on any atom is -0.359 e. The Bertz CT molecular complexity index is 195. The van der Waals surface area contributed by atoms with E-state index in [1.54, 1.807) is 0 Å². The average molecular weight is 184 g/mol. The molecule has 2 fully saturated rings. The first-order chi connectivity index (χ1) is 5.85. The first kappa shape index (κ1) is 8.42. The van der Waals surface area contributed by atoms with E-state index in [9.17, 15) is 0 Å². The van der Waals surface area contributed by atoms with E-state index in [0.717, 1.165) is 6.54 Å². The Balaban J connectivity index is 2.01. The summed E-state index contributed by atoms with van der Waals surface area (Å²) in [5.74, 6) is 1.24. The highest BCUT2D eigenvalue weighted by molar-refractivity contribution is 8.14. The number of hydrogen-bond acceptors (Lipinski definition) is 2. The topological polar surface area (TPSA) is 24.4 Å². The van der Waals surface area contributed by atoms with E-state index in [-0.39, 0.29) is 0 Å². The molecule has 0 unspecified atom stereocenters. The lowest BCUT2D eigenvalue weighted by Gasteiger charge is -2.21. The van der Waals surface area contributed by atoms with Crippen molar-refractivity contribution in [1.82, 2.24) is 5.32 Å². The van der Waals surface area contributed by atoms with Crippen LogP contribution < -0.4 is 5.32 Å². The lowest BCUT2D eigenvalue weighted by Crippen LogP contribution is -2.40. The molecular formula is C9H16N2S. The van der Waals surface area contributed by atoms with Crippen molar-refractivity contribution in [3.05, 3.63) is 0 Å². The Morgan fingerprint density at radius 3 is 2.92 bits per heavy atom. The maximum absolute atomic E-state index is 4.41. The monoisotopic (exact) mass is 184 g/mol. The third-order valence-corrected chi connectivity index (χ3v) is 3.92. The van der Waals surface area contributed by atoms with Crippen LogP contribution in [0, 0.1) is 0 Å². The summed E-state index contributed by atoms with van der Waals surface area (Å²) in [5.41, 5.74) is 0.443. The van der Waals surface area contributed by atoms with E-state index in [1.807, 2.05) is 11.8 Å². The number of nitrogens with zero attached hydrogens (tertiary/aromatic N) is 1. The SMILES string of the molecule is CCN=C1NC2(CCCC2)CS1. The molecule has 0 aromatic rings. The molecule has 1 aliphatic carbocycles. The van der Waals surface area contributed by atoms with Gasteiger partial charge in [0.15, 0.2) is 5.17 Å². The normalized spacial score (nSPS) is 29.9. The molecule has 12 heavy (non-hydrogen) atoms. The van der Waals surface area contributed by atoms with E-state index in [1.165, 1.54) is 36.6 Å². The fourth-order valence-electron chi connectivity index (χ4n) is 2.06. The molecule has 1 heterocycles. The number of amidine groups is 1. The summed E-state index contributed by atoms with van der Waals surface area (Å²) in [7, 11) is 0. The number of nitrogens with one attached hydrogen (secondary N) is 1. The standard InChI is InChI=1S/C9H16N2S/c1-2-10-8-11-9(7-12-8)5-3-4-6-9/h2-7H2,1H3,(H,10,11). The number of thioether (sulfide) groups is 1. The van der Waals surface area contributed by atoms with Gasteiger partial charge in [0.05, 0.1) is 0 Å². The van der Waals surface area contributed by atoms with Gasteiger partial charge >= 0.3 is 0 Å². The minimum absolute atomic E-state index is 0.443. The minimum atomic E-state index is 0.443. The van der Waals surface area contributed by atoms with Crippen molar-refractivity contribution in [2.24, 2.45) is 4.99 Å². The molecule has 0 amide bonds. The van der Waals surface area contributed by atoms with Gasteiger partial charge in [-0.1, -0.05) is 24.6 Å². The molecule has 0 aromatic heterocycles. The van der Waals surface area contributed by atoms with Crippen LogP contribution in [0.1, 0.15) is 32.6 Å². The largest absolute Gasteiger partial charge is 0.359 e. The molecule has 3 heteroatoms. The average Bonchev–Trinajstić information content (AvgIpc) is 2.65. The van der Waals surface area contributed by atoms with Crippen LogP contribution >= 0.6 is 11.8 Å². The second kappa shape index (κ2) is 3.29. The third-order valence-electron chi connectivity index (χ3n) is 2.72. The van der Waals surface area contributed by atoms with Gasteiger partial charge in [-0.3, -0.25) is 4.99 Å². The van der Waals surface area contributed by atoms with E-state index in [0.29, 0.717) is 5.54 Å². The molecule has 0 atom stereocenters. The van der Waals surface area contributed by atoms with Crippen LogP contribution in [0.15, 0.2) is 4.99 Å². The number of rotatable bonds is 1. The van der Waals surface area contributed by atoms with E-state index >= 15 is 0 Å². The maximum Gasteiger partial charge on any atom is 0.157 e. The molecule has 1 saturated heterocycles. The Morgan fingerprint density at radius 2 is 2.25 bits per heavy atom. The zero-order chi connectivity index (χ0) is 8.44. The highest BCUT2D eigenvalue weighted by Gasteiger charge is 2.39. The van der Waals surface area contributed by atoms with Gasteiger partial charge in [-0.25, -0.2) is 0 Å². The molecule has 1 N–H and O–H groups in total. The summed E-state index contributed by atoms with van der Waals surface area (Å²) in [5, 5.41) is 4.76. The fraction of sp³-hybridized carbons (Fsp3) is 0.889. The molecule has 0 radical (unpaired) electrons. The molecular weight excluding hydrogens is 168 g/mol. The van der Waals surface area contributed by atoms with Gasteiger partial charge in [0, 0.05) is 17.8 Å². The first-order valence-electron chi connectivity index (χ1n) is 4.80. The van der Waals surface area contributed by atoms with Crippen molar-refractivity contribution >= 4 is 16.9 Å². The van der Waals surface area contributed by atoms with Crippen molar-refractivity contribution in [2.45, 2.75) is 38.1 Å². The Hall–Kier alpha value is -0.180. The molecule has 2 nitrogen and oxygen atoms in total. The molecule has 0 bridgehead atoms. The third kappa shape index (κ3) is 1.47. The van der Waals surface area contributed by atoms with Crippen LogP contribution in [0.25, 0.3) is 0 Å². The quantitative estimate of drug-likeness (QED) is 0.674. The summed E-state index contributed by atoms with van der Waals surface area (Å²) < 4.78 is 0. The molecule has 2 rings (SSSR count). The van der Waals surface area contributed by atoms with Gasteiger partial charge in [0.25, 0.3) is 0 Å². The van der Waals surface area contributed by atoms with Crippen molar-refractivity contribution in [3.63, 3.8) is 0 Å². The predicted molar refractivity (Wildman–Crippen MR) is 54.8 cm³/mol. The number of hydrogen-bond donors (Lipinski definition) is 1. The lowest BCUT2D eigenvalue weighted by molar-refractivity contribution is 0.452. The van der Waals surface area contributed by atoms with Crippen LogP contribution in [0.2, 0.25) is 0 Å². The van der Waals surface area contributed by atoms with Gasteiger partial charge in [0.2, 0.25) is 0 Å². The van der Waals surface area contributed by atoms with Gasteiger partial charge in [-0.05, 0) is 19.8 Å². The summed E-state index contributed by atoms with van der Waals surface area (Å²) in [6.07, 6.45) is 5.49. The smallest absolute Gasteiger partial charge is 0.157 e. The maximum atomic E-state index is 4.41. The van der Waals surface area contributed by atoms with Crippen LogP contribution in [0.4, 0.5) is 0 Å². The number of aliphatic imine (C=N–C) groups is 1. The second-order valence-electron chi connectivity index (χ2n) is 3.68. The van der Waals surface area contributed by atoms with E-state index in [2.05, 4.69) is 17.2 Å². The molecule has 0 aromatic carbocycles. The molecule has 1 saturated carbocycles. The predicted octanol–water partition coefficient (Wildman–Crippen LogP) is 2.01. The highest BCUT2D eigenvalue weighted by atomic mass is 32.2. The molecule has 1 aliphatic heterocycles. The summed E-state index contributed by atoms with van der Waals surface area (Å²) in [6.45, 7) is 3.00. The van der Waals surface area contributed by atoms with Gasteiger partial charge < -0.3 is 5.32 Å². The fourth-order valence-corrected chi connectivity index (χ4v) is 3.34. The Labute approximate surface area is 78.2 Å². The van der Waals surface area contributed by atoms with Crippen molar-refractivity contribution in [1.29, 1.82) is 0 Å². The summed E-state index contributed by atoms with van der Waals surface area (Å²) in [6, 6.07) is 0. The van der Waals surface area contributed by atoms with Crippen molar-refractivity contribution in [2.75, 3.05) is 12.3 Å². The van der Waals surface area contributed by atoms with Crippen LogP contribution in [-0.2, 0) is 0 Å². The highest BCUT2D eigenvalue weighted by Crippen LogP contribution is 2.37. The molecule has 2 aliphatic rings. The summed E-state index contributed by atoms with van der Waals surface area (Å²) in [4.78, 5) is 4.41. The Morgan fingerprint density at radius 1 is 1.50 bits per heavy atom. The summed E-state index contributed by atoms with van der Waals surface area (Å²) >= 11 is 1.90. The van der Waals surface area contributed by atoms with Crippen molar-refractivity contribution in [3.8, 4) is 0 Å². The van der Waals surface area contributed by atoms with Crippen LogP contribution in [0.3, 0.4) is 0 Å². The molecule has 1 spiro atoms. The zero-order valence-corrected chi connectivity index (χ0v) is 8.41. The van der Waals surface area contributed by atoms with E-state index < -0.39 is 0 Å². The van der Waals surface area contributed by atoms with Gasteiger partial charge in [-0.2, -0.15) is 0 Å². The van der Waals surface area contributed by atoms with Gasteiger partial charge in [0.1, 0.15) is 0 Å². The van der Waals surface area contributed by atoms with Crippen molar-refractivity contribution < 1.29 is 0 Å². The molecule has 68 valence electrons. The Kier molecular flexibility index (Phi) is 2.31. The second-order valence-corrected chi connectivity index (χ2v) is 4.64. The lowest BCUT2D eigenvalue weighted by atomic mass is 10.0.